The molecule has 28 heteroatoms. The van der Waals surface area contributed by atoms with Crippen molar-refractivity contribution in [2.45, 2.75) is 109 Å². The van der Waals surface area contributed by atoms with Gasteiger partial charge in [0.05, 0.1) is 21.0 Å². The number of fused-ring (bicyclic) bond motifs is 6. The van der Waals surface area contributed by atoms with Crippen LogP contribution in [0.25, 0.3) is 21.5 Å². The van der Waals surface area contributed by atoms with Crippen LogP contribution in [0.3, 0.4) is 0 Å². The van der Waals surface area contributed by atoms with Gasteiger partial charge in [0.15, 0.2) is 5.71 Å². The Kier molecular flexibility index (Phi) is 15.8. The number of ether oxygens (including phenoxy) is 1. The number of likely N-dealkylation sites (N-methyl/N-ethyl adjacent to an activating group) is 1. The molecule has 2 unspecified atom stereocenters. The number of carbonyl (C=O) groups excluding carboxylic acids is 3. The zero-order valence-electron chi connectivity index (χ0n) is 40.8. The normalized spacial score (nSPS) is 20.1. The van der Waals surface area contributed by atoms with Crippen molar-refractivity contribution >= 4 is 107 Å². The topological polar surface area (TPSA) is 351 Å². The van der Waals surface area contributed by atoms with E-state index in [0.29, 0.717) is 58.4 Å². The first kappa shape index (κ1) is 57.2. The van der Waals surface area contributed by atoms with E-state index in [9.17, 15) is 79.2 Å². The van der Waals surface area contributed by atoms with Crippen molar-refractivity contribution in [3.05, 3.63) is 83.6 Å². The lowest BCUT2D eigenvalue weighted by Crippen LogP contribution is -2.33. The quantitative estimate of drug-likeness (QED) is 0.0300. The molecule has 0 bridgehead atoms. The molecule has 406 valence electrons. The molecule has 4 aromatic rings. The second-order valence-corrected chi connectivity index (χ2v) is 25.9. The van der Waals surface area contributed by atoms with Crippen LogP contribution in [0, 0.1) is 0 Å². The number of imide groups is 1. The fraction of sp³-hybridized carbons (Fsp3) is 0.404. The SMILES string of the molecule is CCN1/C(=C/C=C/C2=[N+](CCCCCC(=O)ON3C(=O)CCC3=O)c3ccc4c(S(=O)(=O)O)cc(S(=O)(=O)O)cc4c3C2(C)CCOC)C(C)(CCCS(=O)(=O)O)c2c1ccc1c(S(=O)(=O)O)cc(S(=O)(=O)O)cc21. The monoisotopic (exact) mass is 1140 g/mol. The van der Waals surface area contributed by atoms with E-state index in [0.717, 1.165) is 12.1 Å². The van der Waals surface area contributed by atoms with Gasteiger partial charge in [0, 0.05) is 91.2 Å². The van der Waals surface area contributed by atoms with Crippen LogP contribution in [0.1, 0.15) is 89.7 Å². The van der Waals surface area contributed by atoms with Crippen LogP contribution >= 0.6 is 0 Å². The first-order valence-electron chi connectivity index (χ1n) is 23.2. The van der Waals surface area contributed by atoms with Crippen LogP contribution in [-0.4, -0.2) is 131 Å². The number of allylic oxidation sites excluding steroid dienone is 4. The number of anilines is 1. The van der Waals surface area contributed by atoms with E-state index in [-0.39, 0.29) is 91.8 Å². The molecule has 23 nitrogen and oxygen atoms in total. The number of methoxy groups -OCH3 is 1. The van der Waals surface area contributed by atoms with Crippen molar-refractivity contribution in [1.29, 1.82) is 0 Å². The molecular formula is C47H54N3O20S5+. The van der Waals surface area contributed by atoms with Crippen molar-refractivity contribution in [3.63, 3.8) is 0 Å². The predicted molar refractivity (Wildman–Crippen MR) is 270 cm³/mol. The van der Waals surface area contributed by atoms with Gasteiger partial charge in [-0.05, 0) is 112 Å². The molecule has 0 radical (unpaired) electrons. The average molecular weight is 1140 g/mol. The average Bonchev–Trinajstić information content (AvgIpc) is 3.84. The standard InChI is InChI=1S/C47H53N3O20S5/c1-5-48-35-16-14-31-33(25-29(72(57,58)59)27-37(31)74(63,64)65)44(35)46(2,20-10-24-71(54,55)56)39(48)11-9-12-40-47(3,21-23-69-4)45-34-26-30(73(60,61)62)28-38(75(66,67)68)32(34)15-17-36(45)49(40)22-8-6-7-13-43(53)70-50-41(51)18-19-42(50)52/h9,11-12,14-17,25-28H,5-8,10,13,18-24H2,1-4H3,(H4-,54,55,56,57,58,59,60,61,62,63,64,65,66,67,68)/p+1. The second-order valence-electron chi connectivity index (χ2n) is 18.7. The lowest BCUT2D eigenvalue weighted by atomic mass is 9.74. The summed E-state index contributed by atoms with van der Waals surface area (Å²) in [5.41, 5.74) is -0.0693. The lowest BCUT2D eigenvalue weighted by Gasteiger charge is -2.30. The number of hydroxylamine groups is 2. The van der Waals surface area contributed by atoms with E-state index < -0.39 is 105 Å². The first-order chi connectivity index (χ1) is 34.8. The van der Waals surface area contributed by atoms with E-state index in [2.05, 4.69) is 0 Å². The van der Waals surface area contributed by atoms with Gasteiger partial charge < -0.3 is 14.5 Å². The number of unbranched alkanes of at least 4 members (excludes halogenated alkanes) is 2. The number of benzene rings is 4. The molecule has 3 heterocycles. The maximum atomic E-state index is 12.9. The number of hydrogen-bond acceptors (Lipinski definition) is 16. The summed E-state index contributed by atoms with van der Waals surface area (Å²) >= 11 is 0. The number of amides is 2. The molecule has 3 aliphatic heterocycles. The van der Waals surface area contributed by atoms with Gasteiger partial charge in [-0.25, -0.2) is 4.79 Å². The van der Waals surface area contributed by atoms with Crippen LogP contribution in [0.15, 0.2) is 92.0 Å². The molecule has 4 aromatic carbocycles. The van der Waals surface area contributed by atoms with Crippen LogP contribution in [0.5, 0.6) is 0 Å². The zero-order chi connectivity index (χ0) is 55.4. The second kappa shape index (κ2) is 20.8. The number of hydrogen-bond donors (Lipinski definition) is 5. The fourth-order valence-corrected chi connectivity index (χ4v) is 13.7. The molecule has 0 aliphatic carbocycles. The summed E-state index contributed by atoms with van der Waals surface area (Å²) in [6.45, 7) is 5.73. The number of nitrogens with zero attached hydrogens (tertiary/aromatic N) is 3. The molecule has 2 amide bonds. The van der Waals surface area contributed by atoms with E-state index >= 15 is 0 Å². The van der Waals surface area contributed by atoms with Crippen LogP contribution in [-0.2, 0) is 85.4 Å². The van der Waals surface area contributed by atoms with Crippen molar-refractivity contribution in [3.8, 4) is 0 Å². The van der Waals surface area contributed by atoms with Gasteiger partial charge in [-0.1, -0.05) is 12.1 Å². The molecule has 1 fully saturated rings. The summed E-state index contributed by atoms with van der Waals surface area (Å²) in [7, 11) is -23.5. The van der Waals surface area contributed by atoms with Gasteiger partial charge in [0.25, 0.3) is 62.4 Å². The van der Waals surface area contributed by atoms with Crippen LogP contribution in [0.4, 0.5) is 11.4 Å². The lowest BCUT2D eigenvalue weighted by molar-refractivity contribution is -0.438. The molecule has 0 spiro atoms. The van der Waals surface area contributed by atoms with Crippen molar-refractivity contribution in [2.75, 3.05) is 37.5 Å². The summed E-state index contributed by atoms with van der Waals surface area (Å²) < 4.78 is 184. The maximum Gasteiger partial charge on any atom is 0.333 e. The Balaban J connectivity index is 1.42. The Morgan fingerprint density at radius 1 is 0.693 bits per heavy atom. The van der Waals surface area contributed by atoms with E-state index in [1.54, 1.807) is 56.0 Å². The Bertz CT molecular complexity index is 3740. The zero-order valence-corrected chi connectivity index (χ0v) is 44.9. The number of rotatable bonds is 21. The largest absolute Gasteiger partial charge is 0.385 e. The first-order valence-corrected chi connectivity index (χ1v) is 30.6. The van der Waals surface area contributed by atoms with Crippen molar-refractivity contribution in [1.82, 2.24) is 5.06 Å². The highest BCUT2D eigenvalue weighted by atomic mass is 32.2. The Morgan fingerprint density at radius 3 is 1.77 bits per heavy atom. The minimum Gasteiger partial charge on any atom is -0.385 e. The van der Waals surface area contributed by atoms with Gasteiger partial charge in [-0.2, -0.15) is 46.7 Å². The summed E-state index contributed by atoms with van der Waals surface area (Å²) in [6.07, 6.45) is 5.60. The summed E-state index contributed by atoms with van der Waals surface area (Å²) in [4.78, 5) is 40.2. The molecule has 0 saturated carbocycles. The van der Waals surface area contributed by atoms with E-state index in [1.165, 1.54) is 19.2 Å². The third-order valence-electron chi connectivity index (χ3n) is 13.8. The third-order valence-corrected chi connectivity index (χ3v) is 18.1. The highest BCUT2D eigenvalue weighted by Gasteiger charge is 2.50. The van der Waals surface area contributed by atoms with E-state index in [4.69, 9.17) is 9.57 Å². The molecule has 5 N–H and O–H groups in total. The minimum absolute atomic E-state index is 0.0268. The van der Waals surface area contributed by atoms with Crippen molar-refractivity contribution < 1.29 is 93.4 Å². The van der Waals surface area contributed by atoms with Gasteiger partial charge >= 0.3 is 5.97 Å². The molecule has 7 rings (SSSR count). The van der Waals surface area contributed by atoms with Crippen LogP contribution < -0.4 is 4.90 Å². The van der Waals surface area contributed by atoms with Gasteiger partial charge in [0.2, 0.25) is 5.69 Å². The highest BCUT2D eigenvalue weighted by Crippen LogP contribution is 2.54. The Labute approximate surface area is 433 Å². The molecule has 2 atom stereocenters. The van der Waals surface area contributed by atoms with Crippen molar-refractivity contribution in [2.24, 2.45) is 0 Å². The third kappa shape index (κ3) is 11.5. The minimum atomic E-state index is -5.13. The van der Waals surface area contributed by atoms with Gasteiger partial charge in [-0.15, -0.1) is 5.06 Å². The maximum absolute atomic E-state index is 12.9. The van der Waals surface area contributed by atoms with Gasteiger partial charge in [0.1, 0.15) is 16.3 Å². The fourth-order valence-electron chi connectivity index (χ4n) is 10.5. The summed E-state index contributed by atoms with van der Waals surface area (Å²) in [6, 6.07) is 9.22. The summed E-state index contributed by atoms with van der Waals surface area (Å²) in [5.74, 6) is -2.79. The molecule has 3 aliphatic rings. The number of carbonyl (C=O) groups is 3. The highest BCUT2D eigenvalue weighted by molar-refractivity contribution is 7.87. The predicted octanol–water partition coefficient (Wildman–Crippen LogP) is 5.45. The molecule has 0 aromatic heterocycles. The smallest absolute Gasteiger partial charge is 0.333 e. The Morgan fingerprint density at radius 2 is 1.25 bits per heavy atom. The molecule has 1 saturated heterocycles. The summed E-state index contributed by atoms with van der Waals surface area (Å²) in [5, 5.41) is 0.242. The van der Waals surface area contributed by atoms with E-state index in [1.807, 2.05) is 4.58 Å². The van der Waals surface area contributed by atoms with Crippen LogP contribution in [0.2, 0.25) is 0 Å². The van der Waals surface area contributed by atoms with Gasteiger partial charge in [-0.3, -0.25) is 32.4 Å². The molecule has 75 heavy (non-hydrogen) atoms. The molecular weight excluding hydrogens is 1090 g/mol. The Hall–Kier alpha value is -5.53.